The number of piperidine rings is 1. The second kappa shape index (κ2) is 6.51. The second-order valence-electron chi connectivity index (χ2n) is 6.76. The zero-order valence-electron chi connectivity index (χ0n) is 14.4. The molecule has 0 aromatic carbocycles. The number of hydrogen-bond donors (Lipinski definition) is 0. The molecule has 2 aliphatic rings. The van der Waals surface area contributed by atoms with Gasteiger partial charge in [-0.25, -0.2) is 14.2 Å². The fourth-order valence-corrected chi connectivity index (χ4v) is 3.42. The molecule has 10 heteroatoms. The first kappa shape index (κ1) is 16.1. The molecule has 134 valence electrons. The van der Waals surface area contributed by atoms with Gasteiger partial charge in [-0.1, -0.05) is 5.21 Å². The van der Waals surface area contributed by atoms with Crippen molar-refractivity contribution in [1.82, 2.24) is 40.1 Å². The van der Waals surface area contributed by atoms with Crippen molar-refractivity contribution in [3.63, 3.8) is 0 Å². The Labute approximate surface area is 145 Å². The minimum atomic E-state index is -0.462. The SMILES string of the molecule is COC(=O)c1cn([C@@H]2CCCN([C@H](C)c3nnnn3C3CC3)C2)nn1. The molecule has 0 amide bonds. The maximum Gasteiger partial charge on any atom is 0.360 e. The summed E-state index contributed by atoms with van der Waals surface area (Å²) in [4.78, 5) is 13.9. The molecule has 0 bridgehead atoms. The summed E-state index contributed by atoms with van der Waals surface area (Å²) in [5, 5.41) is 20.3. The number of rotatable bonds is 5. The molecule has 0 N–H and O–H groups in total. The molecule has 2 aromatic heterocycles. The molecule has 1 aliphatic carbocycles. The summed E-state index contributed by atoms with van der Waals surface area (Å²) in [5.74, 6) is 0.466. The standard InChI is InChI=1S/C15H22N8O2/c1-10(14-17-18-20-23(14)11-5-6-11)21-7-3-4-12(8-21)22-9-13(16-19-22)15(24)25-2/h9-12H,3-8H2,1-2H3/t10-,12-/m1/s1. The van der Waals surface area contributed by atoms with E-state index in [1.807, 2.05) is 4.68 Å². The number of ether oxygens (including phenoxy) is 1. The van der Waals surface area contributed by atoms with Crippen LogP contribution < -0.4 is 0 Å². The van der Waals surface area contributed by atoms with Gasteiger partial charge in [0.25, 0.3) is 0 Å². The zero-order valence-corrected chi connectivity index (χ0v) is 14.4. The Morgan fingerprint density at radius 1 is 1.24 bits per heavy atom. The Kier molecular flexibility index (Phi) is 4.20. The van der Waals surface area contributed by atoms with Gasteiger partial charge in [-0.2, -0.15) is 0 Å². The molecule has 2 aromatic rings. The molecule has 1 saturated heterocycles. The van der Waals surface area contributed by atoms with Crippen molar-refractivity contribution in [3.8, 4) is 0 Å². The fourth-order valence-electron chi connectivity index (χ4n) is 3.42. The number of likely N-dealkylation sites (tertiary alicyclic amines) is 1. The maximum absolute atomic E-state index is 11.6. The van der Waals surface area contributed by atoms with Gasteiger partial charge in [0.05, 0.1) is 31.4 Å². The largest absolute Gasteiger partial charge is 0.464 e. The number of esters is 1. The van der Waals surface area contributed by atoms with E-state index in [1.165, 1.54) is 7.11 Å². The lowest BCUT2D eigenvalue weighted by molar-refractivity contribution is 0.0593. The number of hydrogen-bond acceptors (Lipinski definition) is 8. The average Bonchev–Trinajstić information content (AvgIpc) is 3.18. The quantitative estimate of drug-likeness (QED) is 0.732. The van der Waals surface area contributed by atoms with Crippen molar-refractivity contribution < 1.29 is 9.53 Å². The molecule has 0 unspecified atom stereocenters. The predicted molar refractivity (Wildman–Crippen MR) is 85.7 cm³/mol. The third-order valence-electron chi connectivity index (χ3n) is 5.04. The van der Waals surface area contributed by atoms with Crippen molar-refractivity contribution in [1.29, 1.82) is 0 Å². The molecule has 0 spiro atoms. The summed E-state index contributed by atoms with van der Waals surface area (Å²) < 4.78 is 8.44. The molecular formula is C15H22N8O2. The average molecular weight is 346 g/mol. The van der Waals surface area contributed by atoms with Crippen molar-refractivity contribution >= 4 is 5.97 Å². The molecular weight excluding hydrogens is 324 g/mol. The third-order valence-corrected chi connectivity index (χ3v) is 5.04. The van der Waals surface area contributed by atoms with Gasteiger partial charge >= 0.3 is 5.97 Å². The number of carbonyl (C=O) groups excluding carboxylic acids is 1. The lowest BCUT2D eigenvalue weighted by atomic mass is 10.0. The Balaban J connectivity index is 1.48. The van der Waals surface area contributed by atoms with Gasteiger partial charge in [-0.05, 0) is 49.6 Å². The van der Waals surface area contributed by atoms with Crippen LogP contribution in [0, 0.1) is 0 Å². The van der Waals surface area contributed by atoms with Crippen LogP contribution in [0.25, 0.3) is 0 Å². The van der Waals surface area contributed by atoms with E-state index in [4.69, 9.17) is 4.74 Å². The van der Waals surface area contributed by atoms with E-state index in [0.29, 0.717) is 6.04 Å². The summed E-state index contributed by atoms with van der Waals surface area (Å²) in [6.45, 7) is 3.96. The third kappa shape index (κ3) is 3.13. The van der Waals surface area contributed by atoms with E-state index in [-0.39, 0.29) is 17.8 Å². The molecule has 4 rings (SSSR count). The molecule has 1 aliphatic heterocycles. The first-order valence-electron chi connectivity index (χ1n) is 8.69. The monoisotopic (exact) mass is 346 g/mol. The molecule has 2 atom stereocenters. The van der Waals surface area contributed by atoms with Crippen LogP contribution >= 0.6 is 0 Å². The highest BCUT2D eigenvalue weighted by atomic mass is 16.5. The second-order valence-corrected chi connectivity index (χ2v) is 6.76. The summed E-state index contributed by atoms with van der Waals surface area (Å²) in [6.07, 6.45) is 6.03. The summed E-state index contributed by atoms with van der Waals surface area (Å²) in [5.41, 5.74) is 0.241. The minimum Gasteiger partial charge on any atom is -0.464 e. The highest BCUT2D eigenvalue weighted by Gasteiger charge is 2.33. The van der Waals surface area contributed by atoms with Crippen molar-refractivity contribution in [2.75, 3.05) is 20.2 Å². The Bertz CT molecular complexity index is 752. The van der Waals surface area contributed by atoms with Crippen LogP contribution in [0.5, 0.6) is 0 Å². The Morgan fingerprint density at radius 3 is 2.84 bits per heavy atom. The van der Waals surface area contributed by atoms with Crippen LogP contribution in [0.1, 0.15) is 67.0 Å². The van der Waals surface area contributed by atoms with Gasteiger partial charge in [0.1, 0.15) is 0 Å². The number of nitrogens with zero attached hydrogens (tertiary/aromatic N) is 8. The van der Waals surface area contributed by atoms with Gasteiger partial charge in [-0.3, -0.25) is 4.90 Å². The van der Waals surface area contributed by atoms with E-state index >= 15 is 0 Å². The molecule has 3 heterocycles. The van der Waals surface area contributed by atoms with Gasteiger partial charge in [0.15, 0.2) is 11.5 Å². The van der Waals surface area contributed by atoms with Gasteiger partial charge < -0.3 is 4.74 Å². The van der Waals surface area contributed by atoms with Crippen LogP contribution in [0.2, 0.25) is 0 Å². The van der Waals surface area contributed by atoms with E-state index in [9.17, 15) is 4.79 Å². The van der Waals surface area contributed by atoms with Gasteiger partial charge in [0, 0.05) is 6.54 Å². The van der Waals surface area contributed by atoms with Crippen LogP contribution in [-0.2, 0) is 4.74 Å². The smallest absolute Gasteiger partial charge is 0.360 e. The highest BCUT2D eigenvalue weighted by Crippen LogP contribution is 2.37. The van der Waals surface area contributed by atoms with Gasteiger partial charge in [-0.15, -0.1) is 10.2 Å². The van der Waals surface area contributed by atoms with E-state index in [2.05, 4.69) is 37.7 Å². The first-order chi connectivity index (χ1) is 12.2. The molecule has 10 nitrogen and oxygen atoms in total. The van der Waals surface area contributed by atoms with Crippen LogP contribution in [0.15, 0.2) is 6.20 Å². The minimum absolute atomic E-state index is 0.141. The number of methoxy groups -OCH3 is 1. The Hall–Kier alpha value is -2.36. The van der Waals surface area contributed by atoms with Gasteiger partial charge in [0.2, 0.25) is 0 Å². The van der Waals surface area contributed by atoms with E-state index < -0.39 is 5.97 Å². The topological polar surface area (TPSA) is 104 Å². The molecule has 0 radical (unpaired) electrons. The lowest BCUT2D eigenvalue weighted by Gasteiger charge is -2.35. The van der Waals surface area contributed by atoms with Crippen molar-refractivity contribution in [2.24, 2.45) is 0 Å². The molecule has 25 heavy (non-hydrogen) atoms. The normalized spacial score (nSPS) is 22.7. The predicted octanol–water partition coefficient (Wildman–Crippen LogP) is 0.784. The highest BCUT2D eigenvalue weighted by molar-refractivity contribution is 5.86. The summed E-state index contributed by atoms with van der Waals surface area (Å²) >= 11 is 0. The molecule has 1 saturated carbocycles. The van der Waals surface area contributed by atoms with E-state index in [1.54, 1.807) is 10.9 Å². The van der Waals surface area contributed by atoms with Crippen molar-refractivity contribution in [3.05, 3.63) is 17.7 Å². The lowest BCUT2D eigenvalue weighted by Crippen LogP contribution is -2.39. The number of tetrazole rings is 1. The fraction of sp³-hybridized carbons (Fsp3) is 0.733. The number of aromatic nitrogens is 7. The summed E-state index contributed by atoms with van der Waals surface area (Å²) in [7, 11) is 1.34. The summed E-state index contributed by atoms with van der Waals surface area (Å²) in [6, 6.07) is 0.778. The van der Waals surface area contributed by atoms with Crippen LogP contribution in [-0.4, -0.2) is 66.3 Å². The van der Waals surface area contributed by atoms with Crippen LogP contribution in [0.3, 0.4) is 0 Å². The van der Waals surface area contributed by atoms with Crippen molar-refractivity contribution in [2.45, 2.75) is 50.7 Å². The zero-order chi connectivity index (χ0) is 17.4. The molecule has 2 fully saturated rings. The Morgan fingerprint density at radius 2 is 2.08 bits per heavy atom. The number of carbonyl (C=O) groups is 1. The van der Waals surface area contributed by atoms with E-state index in [0.717, 1.165) is 44.6 Å². The first-order valence-corrected chi connectivity index (χ1v) is 8.69. The maximum atomic E-state index is 11.6. The van der Waals surface area contributed by atoms with Crippen LogP contribution in [0.4, 0.5) is 0 Å².